The van der Waals surface area contributed by atoms with E-state index in [4.69, 9.17) is 0 Å². The van der Waals surface area contributed by atoms with Gasteiger partial charge in [0.05, 0.1) is 11.0 Å². The van der Waals surface area contributed by atoms with Crippen LogP contribution in [0.4, 0.5) is 0 Å². The fourth-order valence-corrected chi connectivity index (χ4v) is 1.57. The molecule has 1 heterocycles. The lowest BCUT2D eigenvalue weighted by Crippen LogP contribution is -2.43. The number of carbonyl (C=O) groups is 2. The van der Waals surface area contributed by atoms with Crippen LogP contribution < -0.4 is 10.6 Å². The normalized spacial score (nSPS) is 10.9. The highest BCUT2D eigenvalue weighted by Gasteiger charge is 2.27. The Balaban J connectivity index is 2.61. The number of pyridine rings is 1. The molecule has 0 aliphatic heterocycles. The van der Waals surface area contributed by atoms with E-state index in [2.05, 4.69) is 31.5 Å². The lowest BCUT2D eigenvalue weighted by molar-refractivity contribution is -0.128. The zero-order valence-corrected chi connectivity index (χ0v) is 12.2. The molecule has 0 fully saturated rings. The van der Waals surface area contributed by atoms with E-state index in [1.807, 2.05) is 0 Å². The summed E-state index contributed by atoms with van der Waals surface area (Å²) >= 11 is 3.20. The minimum atomic E-state index is -0.646. The average molecular weight is 314 g/mol. The molecule has 0 saturated heterocycles. The van der Waals surface area contributed by atoms with Crippen molar-refractivity contribution in [3.05, 3.63) is 28.5 Å². The van der Waals surface area contributed by atoms with Gasteiger partial charge in [-0.05, 0) is 41.9 Å². The van der Waals surface area contributed by atoms with E-state index in [0.717, 1.165) is 0 Å². The maximum atomic E-state index is 11.8. The Morgan fingerprint density at radius 3 is 2.56 bits per heavy atom. The molecule has 0 aliphatic carbocycles. The van der Waals surface area contributed by atoms with Gasteiger partial charge in [0.2, 0.25) is 5.91 Å². The third kappa shape index (κ3) is 3.80. The number of nitrogens with zero attached hydrogens (tertiary/aromatic N) is 1. The number of hydrogen-bond acceptors (Lipinski definition) is 3. The summed E-state index contributed by atoms with van der Waals surface area (Å²) in [6.07, 6.45) is 1.48. The quantitative estimate of drug-likeness (QED) is 0.824. The predicted octanol–water partition coefficient (Wildman–Crippen LogP) is 1.35. The molecule has 2 N–H and O–H groups in total. The fraction of sp³-hybridized carbons (Fsp3) is 0.417. The van der Waals surface area contributed by atoms with Gasteiger partial charge in [-0.15, -0.1) is 0 Å². The van der Waals surface area contributed by atoms with Gasteiger partial charge in [0.1, 0.15) is 4.60 Å². The van der Waals surface area contributed by atoms with Crippen LogP contribution >= 0.6 is 15.9 Å². The summed E-state index contributed by atoms with van der Waals surface area (Å²) in [6.45, 7) is 3.81. The van der Waals surface area contributed by atoms with Crippen LogP contribution in [0, 0.1) is 5.41 Å². The molecule has 2 amide bonds. The smallest absolute Gasteiger partial charge is 0.252 e. The first-order valence-electron chi connectivity index (χ1n) is 5.49. The first kappa shape index (κ1) is 14.6. The molecular formula is C12H16BrN3O2. The second-order valence-corrected chi connectivity index (χ2v) is 5.33. The minimum Gasteiger partial charge on any atom is -0.359 e. The Morgan fingerprint density at radius 2 is 2.06 bits per heavy atom. The monoisotopic (exact) mass is 313 g/mol. The van der Waals surface area contributed by atoms with E-state index >= 15 is 0 Å². The largest absolute Gasteiger partial charge is 0.359 e. The highest BCUT2D eigenvalue weighted by Crippen LogP contribution is 2.13. The lowest BCUT2D eigenvalue weighted by Gasteiger charge is -2.22. The molecule has 1 rings (SSSR count). The van der Waals surface area contributed by atoms with E-state index in [9.17, 15) is 9.59 Å². The molecule has 0 unspecified atom stereocenters. The molecule has 98 valence electrons. The van der Waals surface area contributed by atoms with Crippen molar-refractivity contribution in [2.45, 2.75) is 13.8 Å². The van der Waals surface area contributed by atoms with Gasteiger partial charge in [-0.3, -0.25) is 9.59 Å². The van der Waals surface area contributed by atoms with E-state index in [1.54, 1.807) is 33.0 Å². The van der Waals surface area contributed by atoms with Crippen LogP contribution in [0.3, 0.4) is 0 Å². The van der Waals surface area contributed by atoms with Crippen LogP contribution in [-0.2, 0) is 4.79 Å². The van der Waals surface area contributed by atoms with Gasteiger partial charge in [-0.25, -0.2) is 4.98 Å². The van der Waals surface area contributed by atoms with Crippen molar-refractivity contribution in [2.24, 2.45) is 5.41 Å². The van der Waals surface area contributed by atoms with Gasteiger partial charge in [0.25, 0.3) is 5.91 Å². The van der Waals surface area contributed by atoms with Crippen molar-refractivity contribution >= 4 is 27.7 Å². The number of aromatic nitrogens is 1. The Morgan fingerprint density at radius 1 is 1.39 bits per heavy atom. The molecule has 5 nitrogen and oxygen atoms in total. The third-order valence-corrected chi connectivity index (χ3v) is 2.99. The van der Waals surface area contributed by atoms with Gasteiger partial charge in [-0.2, -0.15) is 0 Å². The van der Waals surface area contributed by atoms with Crippen molar-refractivity contribution in [3.63, 3.8) is 0 Å². The number of halogens is 1. The first-order chi connectivity index (χ1) is 8.36. The van der Waals surface area contributed by atoms with Crippen LogP contribution in [0.25, 0.3) is 0 Å². The minimum absolute atomic E-state index is 0.114. The summed E-state index contributed by atoms with van der Waals surface area (Å²) in [5.74, 6) is -0.358. The maximum Gasteiger partial charge on any atom is 0.252 e. The summed E-state index contributed by atoms with van der Waals surface area (Å²) in [5, 5.41) is 5.29. The summed E-state index contributed by atoms with van der Waals surface area (Å²) < 4.78 is 0.671. The number of amides is 2. The summed E-state index contributed by atoms with van der Waals surface area (Å²) in [4.78, 5) is 27.3. The highest BCUT2D eigenvalue weighted by molar-refractivity contribution is 9.10. The van der Waals surface area contributed by atoms with Crippen LogP contribution in [0.2, 0.25) is 0 Å². The van der Waals surface area contributed by atoms with Gasteiger partial charge in [-0.1, -0.05) is 0 Å². The Bertz CT molecular complexity index is 443. The van der Waals surface area contributed by atoms with E-state index in [0.29, 0.717) is 10.2 Å². The van der Waals surface area contributed by atoms with Crippen LogP contribution in [0.1, 0.15) is 24.2 Å². The maximum absolute atomic E-state index is 11.8. The predicted molar refractivity (Wildman–Crippen MR) is 72.1 cm³/mol. The number of rotatable bonds is 4. The summed E-state index contributed by atoms with van der Waals surface area (Å²) in [7, 11) is 1.57. The molecule has 6 heteroatoms. The van der Waals surface area contributed by atoms with Gasteiger partial charge < -0.3 is 10.6 Å². The van der Waals surface area contributed by atoms with Gasteiger partial charge >= 0.3 is 0 Å². The van der Waals surface area contributed by atoms with Crippen LogP contribution in [0.15, 0.2) is 22.9 Å². The van der Waals surface area contributed by atoms with E-state index < -0.39 is 5.41 Å². The standard InChI is InChI=1S/C12H16BrN3O2/c1-12(2,11(18)14-3)7-16-10(17)8-4-5-9(13)15-6-8/h4-6H,7H2,1-3H3,(H,14,18)(H,16,17). The average Bonchev–Trinajstić information content (AvgIpc) is 2.35. The second-order valence-electron chi connectivity index (χ2n) is 4.52. The lowest BCUT2D eigenvalue weighted by atomic mass is 9.92. The number of nitrogens with one attached hydrogen (secondary N) is 2. The fourth-order valence-electron chi connectivity index (χ4n) is 1.33. The topological polar surface area (TPSA) is 71.1 Å². The van der Waals surface area contributed by atoms with Crippen molar-refractivity contribution in [2.75, 3.05) is 13.6 Å². The molecule has 18 heavy (non-hydrogen) atoms. The third-order valence-electron chi connectivity index (χ3n) is 2.52. The molecule has 0 radical (unpaired) electrons. The van der Waals surface area contributed by atoms with Gasteiger partial charge in [0, 0.05) is 19.8 Å². The molecule has 0 saturated carbocycles. The molecule has 0 aromatic carbocycles. The molecule has 0 aliphatic rings. The first-order valence-corrected chi connectivity index (χ1v) is 6.28. The Kier molecular flexibility index (Phi) is 4.84. The molecule has 0 atom stereocenters. The van der Waals surface area contributed by atoms with Crippen LogP contribution in [0.5, 0.6) is 0 Å². The molecule has 1 aromatic heterocycles. The van der Waals surface area contributed by atoms with Crippen molar-refractivity contribution in [1.29, 1.82) is 0 Å². The van der Waals surface area contributed by atoms with E-state index in [1.165, 1.54) is 6.20 Å². The van der Waals surface area contributed by atoms with Crippen LogP contribution in [-0.4, -0.2) is 30.4 Å². The van der Waals surface area contributed by atoms with Crippen molar-refractivity contribution in [1.82, 2.24) is 15.6 Å². The molecular weight excluding hydrogens is 298 g/mol. The second kappa shape index (κ2) is 5.95. The summed E-state index contributed by atoms with van der Waals surface area (Å²) in [6, 6.07) is 3.36. The Hall–Kier alpha value is -1.43. The Labute approximate surface area is 114 Å². The zero-order valence-electron chi connectivity index (χ0n) is 10.6. The summed E-state index contributed by atoms with van der Waals surface area (Å²) in [5.41, 5.74) is -0.182. The zero-order chi connectivity index (χ0) is 13.8. The SMILES string of the molecule is CNC(=O)C(C)(C)CNC(=O)c1ccc(Br)nc1. The van der Waals surface area contributed by atoms with Gasteiger partial charge in [0.15, 0.2) is 0 Å². The highest BCUT2D eigenvalue weighted by atomic mass is 79.9. The van der Waals surface area contributed by atoms with Crippen molar-refractivity contribution < 1.29 is 9.59 Å². The number of carbonyl (C=O) groups excluding carboxylic acids is 2. The molecule has 1 aromatic rings. The van der Waals surface area contributed by atoms with Crippen molar-refractivity contribution in [3.8, 4) is 0 Å². The molecule has 0 spiro atoms. The molecule has 0 bridgehead atoms. The number of hydrogen-bond donors (Lipinski definition) is 2. The van der Waals surface area contributed by atoms with E-state index in [-0.39, 0.29) is 18.4 Å².